The number of hydrogen-bond donors (Lipinski definition) is 1. The number of hydrogen-bond acceptors (Lipinski definition) is 6. The van der Waals surface area contributed by atoms with Crippen molar-refractivity contribution in [1.82, 2.24) is 20.1 Å². The number of aromatic nitrogens is 3. The van der Waals surface area contributed by atoms with Gasteiger partial charge in [-0.05, 0) is 48.9 Å². The smallest absolute Gasteiger partial charge is 0.252 e. The van der Waals surface area contributed by atoms with Crippen LogP contribution in [0.1, 0.15) is 59.9 Å². The van der Waals surface area contributed by atoms with Crippen molar-refractivity contribution in [2.24, 2.45) is 13.0 Å². The van der Waals surface area contributed by atoms with E-state index in [0.717, 1.165) is 28.2 Å². The highest BCUT2D eigenvalue weighted by Crippen LogP contribution is 2.31. The number of carbonyl (C=O) groups excluding carboxylic acids is 1. The lowest BCUT2D eigenvalue weighted by Gasteiger charge is -2.21. The normalized spacial score (nSPS) is 14.9. The van der Waals surface area contributed by atoms with Gasteiger partial charge in [-0.1, -0.05) is 61.4 Å². The fourth-order valence-corrected chi connectivity index (χ4v) is 5.68. The molecule has 7 nitrogen and oxygen atoms in total. The van der Waals surface area contributed by atoms with Gasteiger partial charge in [0.05, 0.1) is 20.3 Å². The van der Waals surface area contributed by atoms with E-state index in [0.29, 0.717) is 23.5 Å². The Balaban J connectivity index is 1.54. The molecule has 0 unspecified atom stereocenters. The van der Waals surface area contributed by atoms with Crippen LogP contribution in [0.5, 0.6) is 11.5 Å². The van der Waals surface area contributed by atoms with Gasteiger partial charge in [-0.25, -0.2) is 0 Å². The van der Waals surface area contributed by atoms with Crippen molar-refractivity contribution in [3.8, 4) is 11.5 Å². The molecule has 1 aliphatic carbocycles. The zero-order valence-corrected chi connectivity index (χ0v) is 21.5. The van der Waals surface area contributed by atoms with Gasteiger partial charge in [0.2, 0.25) is 0 Å². The highest BCUT2D eigenvalue weighted by atomic mass is 32.2. The molecule has 1 heterocycles. The maximum atomic E-state index is 13.3. The van der Waals surface area contributed by atoms with Gasteiger partial charge >= 0.3 is 0 Å². The fourth-order valence-electron chi connectivity index (χ4n) is 4.58. The minimum Gasteiger partial charge on any atom is -0.493 e. The Labute approximate surface area is 211 Å². The molecule has 0 saturated heterocycles. The van der Waals surface area contributed by atoms with Crippen molar-refractivity contribution in [3.05, 3.63) is 65.5 Å². The molecule has 1 atom stereocenters. The second-order valence-corrected chi connectivity index (χ2v) is 9.99. The Hall–Kier alpha value is -3.00. The summed E-state index contributed by atoms with van der Waals surface area (Å²) in [5, 5.41) is 13.1. The molecule has 186 valence electrons. The summed E-state index contributed by atoms with van der Waals surface area (Å²) in [6, 6.07) is 14.9. The van der Waals surface area contributed by atoms with Crippen LogP contribution >= 0.6 is 11.8 Å². The molecule has 1 aliphatic rings. The van der Waals surface area contributed by atoms with Gasteiger partial charge in [-0.2, -0.15) is 0 Å². The summed E-state index contributed by atoms with van der Waals surface area (Å²) < 4.78 is 12.7. The number of benzene rings is 2. The van der Waals surface area contributed by atoms with Crippen LogP contribution in [0, 0.1) is 5.92 Å². The van der Waals surface area contributed by atoms with Gasteiger partial charge < -0.3 is 19.4 Å². The maximum absolute atomic E-state index is 13.3. The predicted molar refractivity (Wildman–Crippen MR) is 138 cm³/mol. The maximum Gasteiger partial charge on any atom is 0.252 e. The molecule has 1 saturated carbocycles. The average molecular weight is 495 g/mol. The molecule has 0 radical (unpaired) electrons. The zero-order valence-electron chi connectivity index (χ0n) is 20.7. The van der Waals surface area contributed by atoms with Gasteiger partial charge in [-0.15, -0.1) is 10.2 Å². The lowest BCUT2D eigenvalue weighted by molar-refractivity contribution is 0.0933. The SMILES string of the molecule is COc1ccc(C(=O)N[C@@H](Cc2ccccc2)c2nnc(SCC3CCCCC3)n2C)cc1OC. The van der Waals surface area contributed by atoms with E-state index in [-0.39, 0.29) is 11.9 Å². The summed E-state index contributed by atoms with van der Waals surface area (Å²) in [4.78, 5) is 13.3. The topological polar surface area (TPSA) is 78.3 Å². The quantitative estimate of drug-likeness (QED) is 0.390. The molecule has 0 bridgehead atoms. The van der Waals surface area contributed by atoms with Gasteiger partial charge in [0.15, 0.2) is 22.5 Å². The summed E-state index contributed by atoms with van der Waals surface area (Å²) in [6.45, 7) is 0. The Kier molecular flexibility index (Phi) is 8.69. The molecular weight excluding hydrogens is 460 g/mol. The van der Waals surface area contributed by atoms with Crippen molar-refractivity contribution in [3.63, 3.8) is 0 Å². The third kappa shape index (κ3) is 6.36. The number of nitrogens with one attached hydrogen (secondary N) is 1. The van der Waals surface area contributed by atoms with Crippen molar-refractivity contribution < 1.29 is 14.3 Å². The number of amides is 1. The van der Waals surface area contributed by atoms with Crippen LogP contribution in [-0.2, 0) is 13.5 Å². The molecular formula is C27H34N4O3S. The highest BCUT2D eigenvalue weighted by Gasteiger charge is 2.24. The lowest BCUT2D eigenvalue weighted by atomic mass is 9.91. The van der Waals surface area contributed by atoms with Crippen LogP contribution in [0.4, 0.5) is 0 Å². The van der Waals surface area contributed by atoms with Crippen LogP contribution in [0.25, 0.3) is 0 Å². The minimum absolute atomic E-state index is 0.203. The largest absolute Gasteiger partial charge is 0.493 e. The van der Waals surface area contributed by atoms with Gasteiger partial charge in [0.1, 0.15) is 0 Å². The highest BCUT2D eigenvalue weighted by molar-refractivity contribution is 7.99. The first kappa shape index (κ1) is 25.1. The molecule has 2 aromatic carbocycles. The third-order valence-corrected chi connectivity index (χ3v) is 7.84. The number of methoxy groups -OCH3 is 2. The first-order valence-corrected chi connectivity index (χ1v) is 13.2. The van der Waals surface area contributed by atoms with E-state index in [1.165, 1.54) is 32.1 Å². The van der Waals surface area contributed by atoms with Crippen molar-refractivity contribution in [2.75, 3.05) is 20.0 Å². The molecule has 0 aliphatic heterocycles. The predicted octanol–water partition coefficient (Wildman–Crippen LogP) is 5.22. The molecule has 1 N–H and O–H groups in total. The molecule has 8 heteroatoms. The minimum atomic E-state index is -0.334. The molecule has 35 heavy (non-hydrogen) atoms. The lowest BCUT2D eigenvalue weighted by Crippen LogP contribution is -2.32. The number of carbonyl (C=O) groups is 1. The Morgan fingerprint density at radius 3 is 2.51 bits per heavy atom. The molecule has 1 amide bonds. The zero-order chi connectivity index (χ0) is 24.6. The van der Waals surface area contributed by atoms with Crippen molar-refractivity contribution in [2.45, 2.75) is 49.7 Å². The van der Waals surface area contributed by atoms with Gasteiger partial charge in [-0.3, -0.25) is 4.79 Å². The van der Waals surface area contributed by atoms with E-state index in [9.17, 15) is 4.79 Å². The van der Waals surface area contributed by atoms with Crippen LogP contribution in [-0.4, -0.2) is 40.6 Å². The Morgan fingerprint density at radius 1 is 1.06 bits per heavy atom. The van der Waals surface area contributed by atoms with E-state index in [1.807, 2.05) is 29.8 Å². The van der Waals surface area contributed by atoms with Crippen LogP contribution in [0.2, 0.25) is 0 Å². The third-order valence-electron chi connectivity index (χ3n) is 6.59. The molecule has 3 aromatic rings. The van der Waals surface area contributed by atoms with E-state index in [4.69, 9.17) is 9.47 Å². The van der Waals surface area contributed by atoms with E-state index in [2.05, 4.69) is 27.6 Å². The monoisotopic (exact) mass is 494 g/mol. The second-order valence-electron chi connectivity index (χ2n) is 9.00. The number of thioether (sulfide) groups is 1. The molecule has 4 rings (SSSR count). The summed E-state index contributed by atoms with van der Waals surface area (Å²) >= 11 is 1.77. The van der Waals surface area contributed by atoms with Crippen molar-refractivity contribution in [1.29, 1.82) is 0 Å². The number of ether oxygens (including phenoxy) is 2. The number of nitrogens with zero attached hydrogens (tertiary/aromatic N) is 3. The Morgan fingerprint density at radius 2 is 1.80 bits per heavy atom. The van der Waals surface area contributed by atoms with E-state index in [1.54, 1.807) is 44.2 Å². The van der Waals surface area contributed by atoms with Gasteiger partial charge in [0, 0.05) is 18.4 Å². The average Bonchev–Trinajstić information content (AvgIpc) is 3.27. The van der Waals surface area contributed by atoms with Crippen LogP contribution in [0.15, 0.2) is 53.7 Å². The van der Waals surface area contributed by atoms with Gasteiger partial charge in [0.25, 0.3) is 5.91 Å². The molecule has 1 aromatic heterocycles. The number of rotatable bonds is 10. The second kappa shape index (κ2) is 12.1. The van der Waals surface area contributed by atoms with E-state index >= 15 is 0 Å². The van der Waals surface area contributed by atoms with Crippen molar-refractivity contribution >= 4 is 17.7 Å². The standard InChI is InChI=1S/C27H34N4O3S/c1-31-25(29-30-27(31)35-18-20-12-8-5-9-13-20)22(16-19-10-6-4-7-11-19)28-26(32)21-14-15-23(33-2)24(17-21)34-3/h4,6-7,10-11,14-15,17,20,22H,5,8-9,12-13,16,18H2,1-3H3,(H,28,32)/t22-/m0/s1. The summed E-state index contributed by atoms with van der Waals surface area (Å²) in [5.41, 5.74) is 1.61. The van der Waals surface area contributed by atoms with Crippen LogP contribution < -0.4 is 14.8 Å². The summed E-state index contributed by atoms with van der Waals surface area (Å²) in [6.07, 6.45) is 7.23. The fraction of sp³-hybridized carbons (Fsp3) is 0.444. The Bertz CT molecular complexity index is 1110. The molecule has 1 fully saturated rings. The first-order valence-electron chi connectivity index (χ1n) is 12.2. The summed E-state index contributed by atoms with van der Waals surface area (Å²) in [5.74, 6) is 3.45. The van der Waals surface area contributed by atoms with Crippen LogP contribution in [0.3, 0.4) is 0 Å². The summed E-state index contributed by atoms with van der Waals surface area (Å²) in [7, 11) is 5.12. The molecule has 0 spiro atoms. The first-order chi connectivity index (χ1) is 17.1. The van der Waals surface area contributed by atoms with E-state index < -0.39 is 0 Å².